The van der Waals surface area contributed by atoms with Gasteiger partial charge in [0.1, 0.15) is 8.80 Å². The van der Waals surface area contributed by atoms with Crippen LogP contribution >= 0.6 is 0 Å². The van der Waals surface area contributed by atoms with Crippen molar-refractivity contribution >= 4 is 8.80 Å². The van der Waals surface area contributed by atoms with Crippen molar-refractivity contribution in [2.24, 2.45) is 0 Å². The summed E-state index contributed by atoms with van der Waals surface area (Å²) in [4.78, 5) is 0. The van der Waals surface area contributed by atoms with E-state index in [-0.39, 0.29) is 0 Å². The summed E-state index contributed by atoms with van der Waals surface area (Å²) in [5, 5.41) is 0. The summed E-state index contributed by atoms with van der Waals surface area (Å²) in [5.74, 6) is 0. The zero-order chi connectivity index (χ0) is 12.5. The Morgan fingerprint density at radius 2 is 1.06 bits per heavy atom. The second-order valence-corrected chi connectivity index (χ2v) is 6.70. The molecule has 1 heteroatoms. The summed E-state index contributed by atoms with van der Waals surface area (Å²) in [6, 6.07) is 20.8. The van der Waals surface area contributed by atoms with Gasteiger partial charge in [0, 0.05) is 0 Å². The first-order valence-corrected chi connectivity index (χ1v) is 8.69. The van der Waals surface area contributed by atoms with Crippen molar-refractivity contribution in [3.05, 3.63) is 60.7 Å². The van der Waals surface area contributed by atoms with Crippen LogP contribution in [0.1, 0.15) is 0 Å². The molecule has 0 fully saturated rings. The fourth-order valence-corrected chi connectivity index (χ4v) is 1.26. The van der Waals surface area contributed by atoms with Crippen LogP contribution in [-0.4, -0.2) is 8.80 Å². The molecule has 0 aromatic heterocycles. The molecule has 0 amide bonds. The maximum absolute atomic E-state index is 4.98. The van der Waals surface area contributed by atoms with Gasteiger partial charge >= 0.3 is 0 Å². The molecule has 2 aromatic rings. The van der Waals surface area contributed by atoms with Crippen molar-refractivity contribution in [2.75, 3.05) is 0 Å². The van der Waals surface area contributed by atoms with Crippen LogP contribution in [-0.2, 0) is 0 Å². The summed E-state index contributed by atoms with van der Waals surface area (Å²) in [7, 11) is -0.622. The van der Waals surface area contributed by atoms with Gasteiger partial charge in [0.25, 0.3) is 0 Å². The average Bonchev–Trinajstić information content (AvgIpc) is 2.41. The summed E-state index contributed by atoms with van der Waals surface area (Å²) in [6.07, 6.45) is 4.98. The number of hydrogen-bond acceptors (Lipinski definition) is 0. The van der Waals surface area contributed by atoms with Gasteiger partial charge in [-0.3, -0.25) is 0 Å². The summed E-state index contributed by atoms with van der Waals surface area (Å²) in [5.41, 5.74) is 5.22. The van der Waals surface area contributed by atoms with Crippen molar-refractivity contribution < 1.29 is 0 Å². The zero-order valence-electron chi connectivity index (χ0n) is 10.4. The molecule has 0 aliphatic heterocycles. The Morgan fingerprint density at radius 1 is 0.765 bits per heavy atom. The first kappa shape index (κ1) is 13.3. The third kappa shape index (κ3) is 5.19. The van der Waals surface area contributed by atoms with E-state index in [2.05, 4.69) is 67.2 Å². The molecule has 0 atom stereocenters. The van der Waals surface area contributed by atoms with Gasteiger partial charge in [0.15, 0.2) is 0 Å². The molecule has 0 aliphatic rings. The van der Waals surface area contributed by atoms with Crippen LogP contribution in [0.3, 0.4) is 0 Å². The number of terminal acetylenes is 1. The fourth-order valence-electron chi connectivity index (χ4n) is 1.26. The van der Waals surface area contributed by atoms with Gasteiger partial charge < -0.3 is 0 Å². The summed E-state index contributed by atoms with van der Waals surface area (Å²) in [6.45, 7) is 4.25. The van der Waals surface area contributed by atoms with Crippen molar-refractivity contribution in [3.63, 3.8) is 0 Å². The number of benzene rings is 2. The first-order chi connectivity index (χ1) is 8.24. The van der Waals surface area contributed by atoms with Crippen LogP contribution < -0.4 is 0 Å². The lowest BCUT2D eigenvalue weighted by Gasteiger charge is -1.98. The number of hydrogen-bond donors (Lipinski definition) is 0. The predicted molar refractivity (Wildman–Crippen MR) is 79.6 cm³/mol. The predicted octanol–water partition coefficient (Wildman–Crippen LogP) is 4.00. The van der Waals surface area contributed by atoms with Gasteiger partial charge in [0.05, 0.1) is 0 Å². The highest BCUT2D eigenvalue weighted by Crippen LogP contribution is 2.17. The Bertz CT molecular complexity index is 414. The van der Waals surface area contributed by atoms with E-state index in [0.717, 1.165) is 0 Å². The third-order valence-electron chi connectivity index (χ3n) is 2.21. The van der Waals surface area contributed by atoms with Crippen molar-refractivity contribution in [3.8, 4) is 23.1 Å². The van der Waals surface area contributed by atoms with Gasteiger partial charge in [-0.15, -0.1) is 12.0 Å². The molecule has 0 radical (unpaired) electrons. The van der Waals surface area contributed by atoms with Crippen molar-refractivity contribution in [1.29, 1.82) is 0 Å². The van der Waals surface area contributed by atoms with Crippen molar-refractivity contribution in [2.45, 2.75) is 13.1 Å². The largest absolute Gasteiger partial charge is 0.139 e. The monoisotopic (exact) mass is 238 g/mol. The third-order valence-corrected chi connectivity index (χ3v) is 2.88. The van der Waals surface area contributed by atoms with E-state index >= 15 is 0 Å². The Kier molecular flexibility index (Phi) is 5.85. The van der Waals surface area contributed by atoms with Gasteiger partial charge in [0.2, 0.25) is 0 Å². The lowest BCUT2D eigenvalue weighted by molar-refractivity contribution is 1.62. The molecule has 0 nitrogen and oxygen atoms in total. The second-order valence-electron chi connectivity index (χ2n) is 4.05. The van der Waals surface area contributed by atoms with Crippen LogP contribution in [0.15, 0.2) is 60.7 Å². The molecule has 0 unspecified atom stereocenters. The molecule has 0 saturated carbocycles. The molecule has 0 aliphatic carbocycles. The highest BCUT2D eigenvalue weighted by molar-refractivity contribution is 6.64. The normalized spacial score (nSPS) is 9.06. The minimum absolute atomic E-state index is 0.622. The summed E-state index contributed by atoms with van der Waals surface area (Å²) < 4.78 is 0. The molecule has 2 aromatic carbocycles. The maximum atomic E-state index is 4.98. The van der Waals surface area contributed by atoms with Crippen LogP contribution in [0.2, 0.25) is 13.1 Å². The standard InChI is InChI=1S/C12H10.C4H8Si/c1-3-7-11(8-4-1)12-9-5-2-6-10-12;1-4-5(2)3/h1-10H;1,5H,2-3H3. The molecule has 0 N–H and O–H groups in total. The van der Waals surface area contributed by atoms with Gasteiger partial charge in [-0.25, -0.2) is 0 Å². The van der Waals surface area contributed by atoms with Gasteiger partial charge in [-0.1, -0.05) is 73.8 Å². The van der Waals surface area contributed by atoms with E-state index < -0.39 is 8.80 Å². The van der Waals surface area contributed by atoms with E-state index in [1.807, 2.05) is 12.1 Å². The molecule has 86 valence electrons. The molecule has 0 bridgehead atoms. The Morgan fingerprint density at radius 3 is 1.29 bits per heavy atom. The summed E-state index contributed by atoms with van der Waals surface area (Å²) >= 11 is 0. The minimum Gasteiger partial charge on any atom is -0.139 e. The second kappa shape index (κ2) is 7.48. The van der Waals surface area contributed by atoms with Crippen LogP contribution in [0.5, 0.6) is 0 Å². The minimum atomic E-state index is -0.622. The Balaban J connectivity index is 0.000000249. The SMILES string of the molecule is C#C[SiH](C)C.c1ccc(-c2ccccc2)cc1. The van der Waals surface area contributed by atoms with Gasteiger partial charge in [-0.05, 0) is 11.1 Å². The molecule has 0 saturated heterocycles. The van der Waals surface area contributed by atoms with Crippen molar-refractivity contribution in [1.82, 2.24) is 0 Å². The molecule has 0 heterocycles. The molecular weight excluding hydrogens is 220 g/mol. The number of rotatable bonds is 1. The van der Waals surface area contributed by atoms with E-state index in [0.29, 0.717) is 0 Å². The highest BCUT2D eigenvalue weighted by atomic mass is 28.3. The Labute approximate surface area is 106 Å². The lowest BCUT2D eigenvalue weighted by atomic mass is 10.1. The molecule has 0 spiro atoms. The zero-order valence-corrected chi connectivity index (χ0v) is 11.6. The Hall–Kier alpha value is -1.78. The van der Waals surface area contributed by atoms with Crippen LogP contribution in [0.25, 0.3) is 11.1 Å². The first-order valence-electron chi connectivity index (χ1n) is 5.80. The highest BCUT2D eigenvalue weighted by Gasteiger charge is 1.91. The van der Waals surface area contributed by atoms with Crippen LogP contribution in [0.4, 0.5) is 0 Å². The van der Waals surface area contributed by atoms with E-state index in [4.69, 9.17) is 6.42 Å². The van der Waals surface area contributed by atoms with E-state index in [1.165, 1.54) is 11.1 Å². The smallest absolute Gasteiger partial charge is 0.116 e. The molecule has 17 heavy (non-hydrogen) atoms. The van der Waals surface area contributed by atoms with E-state index in [1.54, 1.807) is 0 Å². The van der Waals surface area contributed by atoms with Crippen LogP contribution in [0, 0.1) is 12.0 Å². The average molecular weight is 238 g/mol. The molecular formula is C16H18Si. The maximum Gasteiger partial charge on any atom is 0.116 e. The topological polar surface area (TPSA) is 0 Å². The van der Waals surface area contributed by atoms with E-state index in [9.17, 15) is 0 Å². The fraction of sp³-hybridized carbons (Fsp3) is 0.125. The lowest BCUT2D eigenvalue weighted by Crippen LogP contribution is -1.90. The quantitative estimate of drug-likeness (QED) is 0.520. The van der Waals surface area contributed by atoms with Gasteiger partial charge in [-0.2, -0.15) is 0 Å². The molecule has 2 rings (SSSR count).